The number of ether oxygens (including phenoxy) is 1. The number of aromatic hydroxyl groups is 1. The molecule has 0 amide bonds. The van der Waals surface area contributed by atoms with Gasteiger partial charge in [-0.1, -0.05) is 18.6 Å². The molecule has 1 atom stereocenters. The van der Waals surface area contributed by atoms with Gasteiger partial charge >= 0.3 is 0 Å². The van der Waals surface area contributed by atoms with Crippen LogP contribution >= 0.6 is 0 Å². The van der Waals surface area contributed by atoms with E-state index in [1.807, 2.05) is 19.1 Å². The van der Waals surface area contributed by atoms with Crippen LogP contribution in [0.2, 0.25) is 0 Å². The van der Waals surface area contributed by atoms with E-state index in [2.05, 4.69) is 4.90 Å². The molecule has 0 bridgehead atoms. The maximum Gasteiger partial charge on any atom is 0.162 e. The maximum atomic E-state index is 10.2. The van der Waals surface area contributed by atoms with Crippen LogP contribution in [0.3, 0.4) is 0 Å². The molecule has 19 heavy (non-hydrogen) atoms. The quantitative estimate of drug-likeness (QED) is 0.855. The summed E-state index contributed by atoms with van der Waals surface area (Å²) in [4.78, 5) is 2.37. The van der Waals surface area contributed by atoms with Gasteiger partial charge in [0.15, 0.2) is 11.5 Å². The van der Waals surface area contributed by atoms with Crippen molar-refractivity contribution in [2.24, 2.45) is 5.73 Å². The zero-order valence-electron chi connectivity index (χ0n) is 11.6. The summed E-state index contributed by atoms with van der Waals surface area (Å²) >= 11 is 0. The summed E-state index contributed by atoms with van der Waals surface area (Å²) in [5.74, 6) is 0.840. The number of para-hydroxylation sites is 1. The lowest BCUT2D eigenvalue weighted by Crippen LogP contribution is -2.43. The Morgan fingerprint density at radius 2 is 2.26 bits per heavy atom. The lowest BCUT2D eigenvalue weighted by molar-refractivity contribution is 0.143. The third kappa shape index (κ3) is 3.39. The molecular formula is C15H24N2O2. The van der Waals surface area contributed by atoms with E-state index >= 15 is 0 Å². The van der Waals surface area contributed by atoms with Crippen molar-refractivity contribution < 1.29 is 9.84 Å². The number of rotatable bonds is 5. The average Bonchev–Trinajstić information content (AvgIpc) is 2.44. The van der Waals surface area contributed by atoms with Crippen LogP contribution in [-0.2, 0) is 6.54 Å². The highest BCUT2D eigenvalue weighted by Crippen LogP contribution is 2.31. The molecule has 1 aliphatic rings. The van der Waals surface area contributed by atoms with Crippen LogP contribution < -0.4 is 10.5 Å². The number of phenolic OH excluding ortho intramolecular Hbond substituents is 1. The fourth-order valence-electron chi connectivity index (χ4n) is 2.72. The molecule has 0 aromatic heterocycles. The van der Waals surface area contributed by atoms with Crippen LogP contribution in [0.15, 0.2) is 18.2 Å². The second kappa shape index (κ2) is 6.78. The van der Waals surface area contributed by atoms with Gasteiger partial charge in [-0.05, 0) is 32.4 Å². The molecular weight excluding hydrogens is 240 g/mol. The number of nitrogens with zero attached hydrogens (tertiary/aromatic N) is 1. The minimum absolute atomic E-state index is 0.269. The molecule has 106 valence electrons. The van der Waals surface area contributed by atoms with Gasteiger partial charge in [-0.15, -0.1) is 0 Å². The number of likely N-dealkylation sites (tertiary alicyclic amines) is 1. The molecule has 4 heteroatoms. The van der Waals surface area contributed by atoms with E-state index in [0.717, 1.165) is 25.1 Å². The van der Waals surface area contributed by atoms with Crippen LogP contribution in [-0.4, -0.2) is 35.7 Å². The maximum absolute atomic E-state index is 10.2. The predicted molar refractivity (Wildman–Crippen MR) is 76.4 cm³/mol. The minimum Gasteiger partial charge on any atom is -0.504 e. The van der Waals surface area contributed by atoms with Crippen molar-refractivity contribution in [3.63, 3.8) is 0 Å². The predicted octanol–water partition coefficient (Wildman–Crippen LogP) is 2.10. The minimum atomic E-state index is 0.269. The summed E-state index contributed by atoms with van der Waals surface area (Å²) in [5, 5.41) is 10.2. The number of nitrogens with two attached hydrogens (primary N) is 1. The Bertz CT molecular complexity index is 409. The number of piperidine rings is 1. The molecule has 3 N–H and O–H groups in total. The molecule has 1 unspecified atom stereocenters. The lowest BCUT2D eigenvalue weighted by atomic mass is 10.0. The van der Waals surface area contributed by atoms with E-state index < -0.39 is 0 Å². The molecule has 1 fully saturated rings. The third-order valence-corrected chi connectivity index (χ3v) is 3.78. The highest BCUT2D eigenvalue weighted by molar-refractivity contribution is 5.45. The Balaban J connectivity index is 2.11. The zero-order valence-corrected chi connectivity index (χ0v) is 11.6. The Labute approximate surface area is 115 Å². The van der Waals surface area contributed by atoms with Crippen molar-refractivity contribution in [3.8, 4) is 11.5 Å². The molecule has 0 radical (unpaired) electrons. The topological polar surface area (TPSA) is 58.7 Å². The highest BCUT2D eigenvalue weighted by Gasteiger charge is 2.22. The first-order chi connectivity index (χ1) is 9.26. The largest absolute Gasteiger partial charge is 0.504 e. The fourth-order valence-corrected chi connectivity index (χ4v) is 2.72. The van der Waals surface area contributed by atoms with Gasteiger partial charge in [0.1, 0.15) is 0 Å². The number of benzene rings is 1. The number of hydrogen-bond acceptors (Lipinski definition) is 4. The van der Waals surface area contributed by atoms with Crippen molar-refractivity contribution in [2.75, 3.05) is 19.7 Å². The number of hydrogen-bond donors (Lipinski definition) is 2. The summed E-state index contributed by atoms with van der Waals surface area (Å²) in [6, 6.07) is 6.13. The van der Waals surface area contributed by atoms with Crippen molar-refractivity contribution >= 4 is 0 Å². The SMILES string of the molecule is CCOc1cccc(CN2CCCCC2CN)c1O. The molecule has 0 spiro atoms. The van der Waals surface area contributed by atoms with Crippen LogP contribution in [0.4, 0.5) is 0 Å². The molecule has 2 rings (SSSR count). The van der Waals surface area contributed by atoms with E-state index in [9.17, 15) is 5.11 Å². The normalized spacial score (nSPS) is 20.4. The Morgan fingerprint density at radius 1 is 1.42 bits per heavy atom. The Hall–Kier alpha value is -1.26. The summed E-state index contributed by atoms with van der Waals surface area (Å²) < 4.78 is 5.43. The highest BCUT2D eigenvalue weighted by atomic mass is 16.5. The fraction of sp³-hybridized carbons (Fsp3) is 0.600. The van der Waals surface area contributed by atoms with Crippen LogP contribution in [0.1, 0.15) is 31.7 Å². The first-order valence-corrected chi connectivity index (χ1v) is 7.14. The average molecular weight is 264 g/mol. The molecule has 1 aliphatic heterocycles. The monoisotopic (exact) mass is 264 g/mol. The molecule has 4 nitrogen and oxygen atoms in total. The van der Waals surface area contributed by atoms with Crippen molar-refractivity contribution in [2.45, 2.75) is 38.8 Å². The summed E-state index contributed by atoms with van der Waals surface area (Å²) in [5.41, 5.74) is 6.76. The van der Waals surface area contributed by atoms with Crippen molar-refractivity contribution in [1.29, 1.82) is 0 Å². The summed E-state index contributed by atoms with van der Waals surface area (Å²) in [6.45, 7) is 4.97. The van der Waals surface area contributed by atoms with E-state index in [4.69, 9.17) is 10.5 Å². The van der Waals surface area contributed by atoms with Crippen molar-refractivity contribution in [3.05, 3.63) is 23.8 Å². The van der Waals surface area contributed by atoms with Gasteiger partial charge in [-0.2, -0.15) is 0 Å². The lowest BCUT2D eigenvalue weighted by Gasteiger charge is -2.35. The second-order valence-electron chi connectivity index (χ2n) is 5.05. The molecule has 1 saturated heterocycles. The van der Waals surface area contributed by atoms with Gasteiger partial charge in [0.2, 0.25) is 0 Å². The second-order valence-corrected chi connectivity index (χ2v) is 5.05. The van der Waals surface area contributed by atoms with Gasteiger partial charge < -0.3 is 15.6 Å². The standard InChI is InChI=1S/C15H24N2O2/c1-2-19-14-8-5-6-12(15(14)18)11-17-9-4-3-7-13(17)10-16/h5-6,8,13,18H,2-4,7,9-11,16H2,1H3. The van der Waals surface area contributed by atoms with Gasteiger partial charge in [0, 0.05) is 24.7 Å². The summed E-state index contributed by atoms with van der Waals surface area (Å²) in [6.07, 6.45) is 3.62. The Morgan fingerprint density at radius 3 is 3.00 bits per heavy atom. The van der Waals surface area contributed by atoms with E-state index in [1.54, 1.807) is 6.07 Å². The molecule has 1 heterocycles. The van der Waals surface area contributed by atoms with E-state index in [0.29, 0.717) is 24.9 Å². The van der Waals surface area contributed by atoms with Crippen LogP contribution in [0.5, 0.6) is 11.5 Å². The van der Waals surface area contributed by atoms with Gasteiger partial charge in [-0.25, -0.2) is 0 Å². The Kier molecular flexibility index (Phi) is 5.05. The third-order valence-electron chi connectivity index (χ3n) is 3.78. The molecule has 1 aromatic rings. The zero-order chi connectivity index (χ0) is 13.7. The summed E-state index contributed by atoms with van der Waals surface area (Å²) in [7, 11) is 0. The molecule has 0 saturated carbocycles. The molecule has 1 aromatic carbocycles. The smallest absolute Gasteiger partial charge is 0.162 e. The van der Waals surface area contributed by atoms with E-state index in [1.165, 1.54) is 12.8 Å². The van der Waals surface area contributed by atoms with Gasteiger partial charge in [0.25, 0.3) is 0 Å². The first-order valence-electron chi connectivity index (χ1n) is 7.14. The van der Waals surface area contributed by atoms with E-state index in [-0.39, 0.29) is 5.75 Å². The van der Waals surface area contributed by atoms with Crippen molar-refractivity contribution in [1.82, 2.24) is 4.90 Å². The van der Waals surface area contributed by atoms with Gasteiger partial charge in [0.05, 0.1) is 6.61 Å². The van der Waals surface area contributed by atoms with Crippen LogP contribution in [0, 0.1) is 0 Å². The van der Waals surface area contributed by atoms with Crippen LogP contribution in [0.25, 0.3) is 0 Å². The van der Waals surface area contributed by atoms with Gasteiger partial charge in [-0.3, -0.25) is 4.90 Å². The first kappa shape index (κ1) is 14.2. The molecule has 0 aliphatic carbocycles. The number of phenols is 1.